The summed E-state index contributed by atoms with van der Waals surface area (Å²) in [5.41, 5.74) is 2.86. The lowest BCUT2D eigenvalue weighted by Crippen LogP contribution is -2.36. The molecular weight excluding hydrogens is 738 g/mol. The highest BCUT2D eigenvalue weighted by Crippen LogP contribution is 2.11. The van der Waals surface area contributed by atoms with E-state index in [9.17, 15) is 0 Å². The first kappa shape index (κ1) is 57.5. The second-order valence-electron chi connectivity index (χ2n) is 10.3. The Kier molecular flexibility index (Phi) is 52.8. The molecule has 2 heterocycles. The number of hydrogen-bond acceptors (Lipinski definition) is 8. The van der Waals surface area contributed by atoms with Crippen molar-refractivity contribution in [2.75, 3.05) is 105 Å². The van der Waals surface area contributed by atoms with Crippen molar-refractivity contribution in [3.63, 3.8) is 0 Å². The lowest BCUT2D eigenvalue weighted by molar-refractivity contribution is 0.258. The van der Waals surface area contributed by atoms with Crippen LogP contribution < -0.4 is 31.9 Å². The molecule has 0 unspecified atom stereocenters. The van der Waals surface area contributed by atoms with Gasteiger partial charge in [0.1, 0.15) is 0 Å². The van der Waals surface area contributed by atoms with E-state index in [-0.39, 0.29) is 99.3 Å². The first-order chi connectivity index (χ1) is 17.9. The van der Waals surface area contributed by atoms with Crippen molar-refractivity contribution in [3.8, 4) is 0 Å². The van der Waals surface area contributed by atoms with Crippen LogP contribution in [0.25, 0.3) is 0 Å². The Morgan fingerprint density at radius 2 is 0.614 bits per heavy atom. The number of nitrogens with one attached hydrogen (secondary N) is 6. The largest absolute Gasteiger partial charge is 0.315 e. The van der Waals surface area contributed by atoms with E-state index in [1.807, 2.05) is 0 Å². The molecule has 0 amide bonds. The predicted molar refractivity (Wildman–Crippen MR) is 211 cm³/mol. The van der Waals surface area contributed by atoms with Gasteiger partial charge in [-0.05, 0) is 89.2 Å². The molecule has 2 aliphatic rings. The average molecular weight is 800 g/mol. The van der Waals surface area contributed by atoms with Gasteiger partial charge >= 0.3 is 0 Å². The fourth-order valence-electron chi connectivity index (χ4n) is 4.92. The molecule has 0 spiro atoms. The van der Waals surface area contributed by atoms with Gasteiger partial charge in [0.25, 0.3) is 0 Å². The zero-order valence-corrected chi connectivity index (χ0v) is 32.6. The quantitative estimate of drug-likeness (QED) is 0.275. The van der Waals surface area contributed by atoms with Gasteiger partial charge < -0.3 is 31.9 Å². The van der Waals surface area contributed by atoms with Crippen molar-refractivity contribution < 1.29 is 0 Å². The van der Waals surface area contributed by atoms with E-state index in [2.05, 4.69) is 66.0 Å². The highest BCUT2D eigenvalue weighted by Gasteiger charge is 2.09. The van der Waals surface area contributed by atoms with E-state index in [1.54, 1.807) is 0 Å². The Morgan fingerprint density at radius 1 is 0.341 bits per heavy atom. The summed E-state index contributed by atoms with van der Waals surface area (Å²) in [6.45, 7) is 19.6. The molecule has 0 bridgehead atoms. The molecule has 2 fully saturated rings. The molecule has 0 saturated carbocycles. The van der Waals surface area contributed by atoms with E-state index in [0.29, 0.717) is 0 Å². The highest BCUT2D eigenvalue weighted by atomic mass is 35.5. The van der Waals surface area contributed by atoms with Gasteiger partial charge in [0.15, 0.2) is 0 Å². The third-order valence-electron chi connectivity index (χ3n) is 7.07. The molecule has 6 N–H and O–H groups in total. The summed E-state index contributed by atoms with van der Waals surface area (Å²) < 4.78 is 0. The summed E-state index contributed by atoms with van der Waals surface area (Å²) in [4.78, 5) is 5.23. The van der Waals surface area contributed by atoms with Crippen molar-refractivity contribution >= 4 is 99.3 Å². The Hall–Kier alpha value is 1.22. The Bertz CT molecular complexity index is 588. The molecule has 2 aliphatic heterocycles. The molecule has 2 saturated heterocycles. The van der Waals surface area contributed by atoms with Crippen LogP contribution in [0.2, 0.25) is 0 Å². The topological polar surface area (TPSA) is 78.7 Å². The number of halogens is 8. The number of nitrogens with zero attached hydrogens (tertiary/aromatic N) is 2. The van der Waals surface area contributed by atoms with Crippen LogP contribution in [0.3, 0.4) is 0 Å². The third-order valence-corrected chi connectivity index (χ3v) is 7.07. The van der Waals surface area contributed by atoms with E-state index < -0.39 is 0 Å². The van der Waals surface area contributed by atoms with Crippen LogP contribution in [-0.2, 0) is 13.1 Å². The van der Waals surface area contributed by atoms with E-state index in [1.165, 1.54) is 36.8 Å². The van der Waals surface area contributed by atoms with Crippen molar-refractivity contribution in [1.82, 2.24) is 41.7 Å². The lowest BCUT2D eigenvalue weighted by Gasteiger charge is -2.24. The number of rotatable bonds is 4. The normalized spacial score (nSPS) is 18.7. The standard InChI is InChI=1S/C28H54N8.8ClH/c1-9-29-15-17-31-13-3-21-35(23-19-33-11-1)25-27-5-7-28(8-6-27)26-36-22-4-14-32-18-16-30-10-2-12-34-20-24-36;;;;;;;;/h5-8,29-34H,1-4,9-26H2;8*1H/i5+1,6+1,7+1,8+1,27+1,28+1;;;;;;;;. The van der Waals surface area contributed by atoms with Crippen molar-refractivity contribution in [1.29, 1.82) is 0 Å². The van der Waals surface area contributed by atoms with Crippen LogP contribution in [0.5, 0.6) is 0 Å². The second-order valence-corrected chi connectivity index (χ2v) is 10.3. The maximum atomic E-state index is 3.63. The second kappa shape index (κ2) is 40.4. The monoisotopic (exact) mass is 796 g/mol. The molecule has 0 aliphatic carbocycles. The predicted octanol–water partition coefficient (Wildman–Crippen LogP) is 3.79. The third kappa shape index (κ3) is 29.4. The van der Waals surface area contributed by atoms with Crippen molar-refractivity contribution in [2.24, 2.45) is 0 Å². The van der Waals surface area contributed by atoms with Gasteiger partial charge in [-0.2, -0.15) is 0 Å². The van der Waals surface area contributed by atoms with E-state index >= 15 is 0 Å². The van der Waals surface area contributed by atoms with Crippen LogP contribution in [-0.4, -0.2) is 115 Å². The van der Waals surface area contributed by atoms with Gasteiger partial charge in [-0.25, -0.2) is 0 Å². The molecule has 0 atom stereocenters. The number of benzene rings is 1. The van der Waals surface area contributed by atoms with Crippen LogP contribution in [0.1, 0.15) is 36.8 Å². The molecule has 0 radical (unpaired) electrons. The summed E-state index contributed by atoms with van der Waals surface area (Å²) in [6.07, 6.45) is 4.80. The fourth-order valence-corrected chi connectivity index (χ4v) is 4.92. The Balaban J connectivity index is -0.000000451. The molecular formula is C28H62Cl8N8. The molecule has 1 aromatic rings. The molecule has 1 aromatic carbocycles. The number of hydrogen-bond donors (Lipinski definition) is 6. The van der Waals surface area contributed by atoms with Gasteiger partial charge in [0, 0.05) is 65.4 Å². The summed E-state index contributed by atoms with van der Waals surface area (Å²) in [5, 5.41) is 21.4. The molecule has 3 rings (SSSR count). The maximum absolute atomic E-state index is 3.63. The van der Waals surface area contributed by atoms with Crippen molar-refractivity contribution in [2.45, 2.75) is 38.8 Å². The minimum atomic E-state index is 0. The van der Waals surface area contributed by atoms with Crippen LogP contribution in [0, 0.1) is 0 Å². The molecule has 0 aromatic heterocycles. The minimum absolute atomic E-state index is 0. The first-order valence-electron chi connectivity index (χ1n) is 14.7. The molecule has 8 nitrogen and oxygen atoms in total. The summed E-state index contributed by atoms with van der Waals surface area (Å²) in [6, 6.07) is 9.42. The smallest absolute Gasteiger partial charge is 0.0234 e. The van der Waals surface area contributed by atoms with Crippen LogP contribution >= 0.6 is 99.3 Å². The maximum Gasteiger partial charge on any atom is 0.0234 e. The van der Waals surface area contributed by atoms with Gasteiger partial charge in [-0.15, -0.1) is 99.3 Å². The molecule has 270 valence electrons. The molecule has 16 heteroatoms. The molecule has 44 heavy (non-hydrogen) atoms. The first-order valence-corrected chi connectivity index (χ1v) is 14.7. The SMILES string of the molecule is C1CNCCNCCCN(C[13c]2[13cH][13cH][13c](CN3CCCNCCNCCCNCC3)[13cH][13cH]2)CCNC1.Cl.Cl.Cl.Cl.Cl.Cl.Cl.Cl. The van der Waals surface area contributed by atoms with Crippen molar-refractivity contribution in [3.05, 3.63) is 35.4 Å². The zero-order chi connectivity index (χ0) is 24.9. The summed E-state index contributed by atoms with van der Waals surface area (Å²) in [5.74, 6) is 0. The zero-order valence-electron chi connectivity index (χ0n) is 26.0. The minimum Gasteiger partial charge on any atom is -0.315 e. The fraction of sp³-hybridized carbons (Fsp3) is 0.786. The lowest BCUT2D eigenvalue weighted by atomic mass is 10.3. The van der Waals surface area contributed by atoms with Crippen LogP contribution in [0.15, 0.2) is 24.3 Å². The van der Waals surface area contributed by atoms with Gasteiger partial charge in [-0.1, -0.05) is 24.3 Å². The van der Waals surface area contributed by atoms with E-state index in [0.717, 1.165) is 118 Å². The van der Waals surface area contributed by atoms with Gasteiger partial charge in [0.2, 0.25) is 0 Å². The van der Waals surface area contributed by atoms with Gasteiger partial charge in [-0.3, -0.25) is 9.80 Å². The van der Waals surface area contributed by atoms with Crippen LogP contribution in [0.4, 0.5) is 0 Å². The highest BCUT2D eigenvalue weighted by molar-refractivity contribution is 5.86. The van der Waals surface area contributed by atoms with Gasteiger partial charge in [0.05, 0.1) is 0 Å². The Morgan fingerprint density at radius 3 is 0.932 bits per heavy atom. The Labute approximate surface area is 317 Å². The summed E-state index contributed by atoms with van der Waals surface area (Å²) in [7, 11) is 0. The average Bonchev–Trinajstić information content (AvgIpc) is 2.89. The van der Waals surface area contributed by atoms with E-state index in [4.69, 9.17) is 0 Å². The summed E-state index contributed by atoms with van der Waals surface area (Å²) >= 11 is 0.